The monoisotopic (exact) mass is 210 g/mol. The van der Waals surface area contributed by atoms with Crippen molar-refractivity contribution in [1.82, 2.24) is 0 Å². The number of rotatable bonds is 0. The zero-order valence-electron chi connectivity index (χ0n) is 8.84. The second-order valence-electron chi connectivity index (χ2n) is 3.96. The van der Waals surface area contributed by atoms with Crippen LogP contribution in [0.5, 0.6) is 0 Å². The van der Waals surface area contributed by atoms with E-state index in [1.165, 1.54) is 11.3 Å². The zero-order valence-corrected chi connectivity index (χ0v) is 9.60. The van der Waals surface area contributed by atoms with Crippen LogP contribution in [0.25, 0.3) is 0 Å². The van der Waals surface area contributed by atoms with Gasteiger partial charge in [0, 0.05) is 27.2 Å². The number of aryl methyl sites for hydroxylation is 1. The first-order valence-corrected chi connectivity index (χ1v) is 5.20. The van der Waals surface area contributed by atoms with Crippen LogP contribution < -0.4 is 9.80 Å². The van der Waals surface area contributed by atoms with Crippen molar-refractivity contribution < 1.29 is 0 Å². The van der Waals surface area contributed by atoms with Crippen LogP contribution in [0, 0.1) is 6.92 Å². The standard InChI is InChI=1S/C11H15ClN2/c1-8-6-9(12)11-10(7-8)13(2)4-5-14(11)3/h6-7H,4-5H2,1-3H3. The molecule has 1 aliphatic heterocycles. The Balaban J connectivity index is 2.60. The average molecular weight is 211 g/mol. The summed E-state index contributed by atoms with van der Waals surface area (Å²) < 4.78 is 0. The summed E-state index contributed by atoms with van der Waals surface area (Å²) in [6.07, 6.45) is 0. The van der Waals surface area contributed by atoms with Crippen LogP contribution in [0.3, 0.4) is 0 Å². The number of nitrogens with zero attached hydrogens (tertiary/aromatic N) is 2. The smallest absolute Gasteiger partial charge is 0.0791 e. The summed E-state index contributed by atoms with van der Waals surface area (Å²) in [7, 11) is 4.20. The lowest BCUT2D eigenvalue weighted by Gasteiger charge is -2.35. The predicted octanol–water partition coefficient (Wildman–Crippen LogP) is 2.53. The molecular weight excluding hydrogens is 196 g/mol. The Hall–Kier alpha value is -0.890. The van der Waals surface area contributed by atoms with Crippen molar-refractivity contribution in [1.29, 1.82) is 0 Å². The fourth-order valence-electron chi connectivity index (χ4n) is 1.92. The highest BCUT2D eigenvalue weighted by Crippen LogP contribution is 2.38. The Morgan fingerprint density at radius 3 is 2.50 bits per heavy atom. The molecule has 1 aliphatic rings. The molecule has 0 unspecified atom stereocenters. The van der Waals surface area contributed by atoms with E-state index in [0.717, 1.165) is 23.8 Å². The molecule has 0 amide bonds. The van der Waals surface area contributed by atoms with Gasteiger partial charge in [-0.1, -0.05) is 11.6 Å². The number of hydrogen-bond donors (Lipinski definition) is 0. The molecule has 2 rings (SSSR count). The van der Waals surface area contributed by atoms with Crippen LogP contribution >= 0.6 is 11.6 Å². The Morgan fingerprint density at radius 2 is 1.79 bits per heavy atom. The number of fused-ring (bicyclic) bond motifs is 1. The molecule has 0 fully saturated rings. The van der Waals surface area contributed by atoms with Gasteiger partial charge in [-0.25, -0.2) is 0 Å². The van der Waals surface area contributed by atoms with Crippen molar-refractivity contribution in [2.75, 3.05) is 37.0 Å². The number of anilines is 2. The van der Waals surface area contributed by atoms with Crippen LogP contribution in [0.2, 0.25) is 5.02 Å². The summed E-state index contributed by atoms with van der Waals surface area (Å²) >= 11 is 6.24. The first kappa shape index (κ1) is 9.66. The molecule has 0 N–H and O–H groups in total. The maximum absolute atomic E-state index is 6.24. The van der Waals surface area contributed by atoms with Gasteiger partial charge in [0.15, 0.2) is 0 Å². The van der Waals surface area contributed by atoms with Crippen molar-refractivity contribution in [2.24, 2.45) is 0 Å². The Morgan fingerprint density at radius 1 is 1.14 bits per heavy atom. The van der Waals surface area contributed by atoms with Crippen molar-refractivity contribution in [3.05, 3.63) is 22.7 Å². The topological polar surface area (TPSA) is 6.48 Å². The molecule has 0 spiro atoms. The van der Waals surface area contributed by atoms with E-state index in [4.69, 9.17) is 11.6 Å². The minimum Gasteiger partial charge on any atom is -0.371 e. The maximum Gasteiger partial charge on any atom is 0.0791 e. The fraction of sp³-hybridized carbons (Fsp3) is 0.455. The number of halogens is 1. The Labute approximate surface area is 90.1 Å². The van der Waals surface area contributed by atoms with Gasteiger partial charge in [0.25, 0.3) is 0 Å². The second kappa shape index (κ2) is 3.35. The third-order valence-electron chi connectivity index (χ3n) is 2.75. The van der Waals surface area contributed by atoms with Crippen molar-refractivity contribution in [2.45, 2.75) is 6.92 Å². The number of benzene rings is 1. The van der Waals surface area contributed by atoms with Crippen molar-refractivity contribution >= 4 is 23.0 Å². The number of likely N-dealkylation sites (N-methyl/N-ethyl adjacent to an activating group) is 2. The van der Waals surface area contributed by atoms with E-state index in [1.807, 2.05) is 6.07 Å². The van der Waals surface area contributed by atoms with Crippen molar-refractivity contribution in [3.63, 3.8) is 0 Å². The van der Waals surface area contributed by atoms with E-state index in [0.29, 0.717) is 0 Å². The van der Waals surface area contributed by atoms with Gasteiger partial charge in [0.1, 0.15) is 0 Å². The highest BCUT2D eigenvalue weighted by atomic mass is 35.5. The minimum atomic E-state index is 0.856. The highest BCUT2D eigenvalue weighted by Gasteiger charge is 2.20. The van der Waals surface area contributed by atoms with Gasteiger partial charge in [-0.2, -0.15) is 0 Å². The Bertz CT molecular complexity index is 363. The first-order chi connectivity index (χ1) is 6.59. The molecule has 0 saturated carbocycles. The van der Waals surface area contributed by atoms with Gasteiger partial charge in [0.2, 0.25) is 0 Å². The summed E-state index contributed by atoms with van der Waals surface area (Å²) in [6, 6.07) is 4.22. The second-order valence-corrected chi connectivity index (χ2v) is 4.36. The van der Waals surface area contributed by atoms with Gasteiger partial charge in [-0.15, -0.1) is 0 Å². The van der Waals surface area contributed by atoms with Crippen LogP contribution in [-0.4, -0.2) is 27.2 Å². The van der Waals surface area contributed by atoms with Crippen LogP contribution in [0.15, 0.2) is 12.1 Å². The largest absolute Gasteiger partial charge is 0.371 e. The lowest BCUT2D eigenvalue weighted by atomic mass is 10.1. The molecule has 0 aromatic heterocycles. The average Bonchev–Trinajstić information content (AvgIpc) is 2.10. The lowest BCUT2D eigenvalue weighted by Crippen LogP contribution is -2.37. The maximum atomic E-state index is 6.24. The molecule has 2 nitrogen and oxygen atoms in total. The first-order valence-electron chi connectivity index (χ1n) is 4.82. The van der Waals surface area contributed by atoms with Crippen LogP contribution in [-0.2, 0) is 0 Å². The SMILES string of the molecule is Cc1cc(Cl)c2c(c1)N(C)CCN2C. The third-order valence-corrected chi connectivity index (χ3v) is 3.04. The van der Waals surface area contributed by atoms with E-state index < -0.39 is 0 Å². The molecule has 1 aromatic rings. The Kier molecular flexibility index (Phi) is 2.31. The van der Waals surface area contributed by atoms with E-state index in [1.54, 1.807) is 0 Å². The molecule has 76 valence electrons. The quantitative estimate of drug-likeness (QED) is 0.650. The molecule has 3 heteroatoms. The summed E-state index contributed by atoms with van der Waals surface area (Å²) in [5.41, 5.74) is 3.62. The van der Waals surface area contributed by atoms with Gasteiger partial charge in [0.05, 0.1) is 16.4 Å². The number of hydrogen-bond acceptors (Lipinski definition) is 2. The molecule has 1 heterocycles. The molecular formula is C11H15ClN2. The van der Waals surface area contributed by atoms with Crippen molar-refractivity contribution in [3.8, 4) is 0 Å². The summed E-state index contributed by atoms with van der Waals surface area (Å²) in [6.45, 7) is 4.17. The predicted molar refractivity (Wildman–Crippen MR) is 62.7 cm³/mol. The van der Waals surface area contributed by atoms with Crippen LogP contribution in [0.1, 0.15) is 5.56 Å². The van der Waals surface area contributed by atoms with E-state index in [9.17, 15) is 0 Å². The molecule has 0 radical (unpaired) electrons. The third kappa shape index (κ3) is 1.44. The summed E-state index contributed by atoms with van der Waals surface area (Å²) in [4.78, 5) is 4.48. The summed E-state index contributed by atoms with van der Waals surface area (Å²) in [5, 5.41) is 0.856. The molecule has 0 atom stereocenters. The molecule has 0 saturated heterocycles. The van der Waals surface area contributed by atoms with E-state index in [2.05, 4.69) is 36.9 Å². The van der Waals surface area contributed by atoms with E-state index >= 15 is 0 Å². The van der Waals surface area contributed by atoms with Gasteiger partial charge < -0.3 is 9.80 Å². The summed E-state index contributed by atoms with van der Waals surface area (Å²) in [5.74, 6) is 0. The lowest BCUT2D eigenvalue weighted by molar-refractivity contribution is 0.797. The molecule has 14 heavy (non-hydrogen) atoms. The normalized spacial score (nSPS) is 15.7. The van der Waals surface area contributed by atoms with Crippen LogP contribution in [0.4, 0.5) is 11.4 Å². The van der Waals surface area contributed by atoms with Gasteiger partial charge in [-0.3, -0.25) is 0 Å². The molecule has 0 bridgehead atoms. The zero-order chi connectivity index (χ0) is 10.3. The molecule has 0 aliphatic carbocycles. The van der Waals surface area contributed by atoms with E-state index in [-0.39, 0.29) is 0 Å². The van der Waals surface area contributed by atoms with Gasteiger partial charge >= 0.3 is 0 Å². The van der Waals surface area contributed by atoms with Gasteiger partial charge in [-0.05, 0) is 24.6 Å². The minimum absolute atomic E-state index is 0.856. The fourth-order valence-corrected chi connectivity index (χ4v) is 2.33. The highest BCUT2D eigenvalue weighted by molar-refractivity contribution is 6.34. The molecule has 1 aromatic carbocycles.